The molecule has 0 bridgehead atoms. The summed E-state index contributed by atoms with van der Waals surface area (Å²) >= 11 is 13.7. The van der Waals surface area contributed by atoms with Gasteiger partial charge in [0.1, 0.15) is 6.07 Å². The summed E-state index contributed by atoms with van der Waals surface area (Å²) in [7, 11) is 0. The van der Waals surface area contributed by atoms with Crippen molar-refractivity contribution in [3.05, 3.63) is 63.8 Å². The first-order chi connectivity index (χ1) is 10.2. The van der Waals surface area contributed by atoms with Gasteiger partial charge in [0, 0.05) is 16.3 Å². The van der Waals surface area contributed by atoms with E-state index in [-0.39, 0.29) is 0 Å². The van der Waals surface area contributed by atoms with Gasteiger partial charge >= 0.3 is 0 Å². The SMILES string of the molecule is N#CC(=C1CSc2ccccc2N1)c1ccc(Cl)c(Cl)c1. The maximum Gasteiger partial charge on any atom is 0.102 e. The molecule has 0 radical (unpaired) electrons. The van der Waals surface area contributed by atoms with Crippen molar-refractivity contribution in [1.29, 1.82) is 5.26 Å². The van der Waals surface area contributed by atoms with Crippen LogP contribution in [-0.4, -0.2) is 5.75 Å². The number of nitrogens with zero attached hydrogens (tertiary/aromatic N) is 1. The average molecular weight is 333 g/mol. The topological polar surface area (TPSA) is 35.8 Å². The summed E-state index contributed by atoms with van der Waals surface area (Å²) in [6, 6.07) is 15.6. The molecule has 104 valence electrons. The molecule has 0 aromatic heterocycles. The maximum atomic E-state index is 9.51. The number of hydrogen-bond donors (Lipinski definition) is 1. The van der Waals surface area contributed by atoms with E-state index in [0.29, 0.717) is 15.6 Å². The number of rotatable bonds is 1. The van der Waals surface area contributed by atoms with Crippen LogP contribution in [0.1, 0.15) is 5.56 Å². The van der Waals surface area contributed by atoms with E-state index in [0.717, 1.165) is 22.7 Å². The van der Waals surface area contributed by atoms with Crippen LogP contribution in [0.3, 0.4) is 0 Å². The Labute approximate surface area is 137 Å². The molecular weight excluding hydrogens is 323 g/mol. The zero-order chi connectivity index (χ0) is 14.8. The average Bonchev–Trinajstić information content (AvgIpc) is 2.51. The van der Waals surface area contributed by atoms with Gasteiger partial charge in [-0.3, -0.25) is 0 Å². The minimum atomic E-state index is 0.450. The second-order valence-electron chi connectivity index (χ2n) is 4.50. The van der Waals surface area contributed by atoms with Crippen LogP contribution in [0, 0.1) is 11.3 Å². The van der Waals surface area contributed by atoms with Gasteiger partial charge in [-0.05, 0) is 29.8 Å². The highest BCUT2D eigenvalue weighted by Gasteiger charge is 2.17. The highest BCUT2D eigenvalue weighted by molar-refractivity contribution is 7.99. The van der Waals surface area contributed by atoms with Crippen molar-refractivity contribution in [2.75, 3.05) is 11.1 Å². The molecule has 0 saturated carbocycles. The lowest BCUT2D eigenvalue weighted by atomic mass is 10.1. The molecule has 0 saturated heterocycles. The van der Waals surface area contributed by atoms with E-state index < -0.39 is 0 Å². The molecule has 1 heterocycles. The first kappa shape index (κ1) is 14.3. The molecule has 1 aliphatic heterocycles. The molecule has 1 aliphatic rings. The van der Waals surface area contributed by atoms with Gasteiger partial charge in [-0.25, -0.2) is 0 Å². The Hall–Kier alpha value is -1.60. The molecule has 0 unspecified atom stereocenters. The summed E-state index contributed by atoms with van der Waals surface area (Å²) in [6.07, 6.45) is 0. The summed E-state index contributed by atoms with van der Waals surface area (Å²) in [5, 5.41) is 13.8. The summed E-state index contributed by atoms with van der Waals surface area (Å²) in [4.78, 5) is 1.19. The van der Waals surface area contributed by atoms with Crippen LogP contribution in [0.5, 0.6) is 0 Å². The van der Waals surface area contributed by atoms with Gasteiger partial charge in [-0.2, -0.15) is 5.26 Å². The van der Waals surface area contributed by atoms with Crippen molar-refractivity contribution >= 4 is 46.2 Å². The van der Waals surface area contributed by atoms with Crippen molar-refractivity contribution in [1.82, 2.24) is 0 Å². The Bertz CT molecular complexity index is 778. The number of nitrogens with one attached hydrogen (secondary N) is 1. The van der Waals surface area contributed by atoms with Gasteiger partial charge in [0.15, 0.2) is 0 Å². The summed E-state index contributed by atoms with van der Waals surface area (Å²) in [5.74, 6) is 0.722. The van der Waals surface area contributed by atoms with E-state index in [1.165, 1.54) is 4.90 Å². The molecule has 0 amide bonds. The fourth-order valence-corrected chi connectivity index (χ4v) is 3.40. The zero-order valence-corrected chi connectivity index (χ0v) is 13.2. The number of fused-ring (bicyclic) bond motifs is 1. The molecule has 2 aromatic carbocycles. The normalized spacial score (nSPS) is 15.7. The fourth-order valence-electron chi connectivity index (χ4n) is 2.14. The van der Waals surface area contributed by atoms with E-state index in [2.05, 4.69) is 17.5 Å². The molecule has 0 aliphatic carbocycles. The third-order valence-corrected chi connectivity index (χ3v) is 5.01. The first-order valence-electron chi connectivity index (χ1n) is 6.26. The van der Waals surface area contributed by atoms with E-state index in [1.54, 1.807) is 23.9 Å². The van der Waals surface area contributed by atoms with Crippen LogP contribution >= 0.6 is 35.0 Å². The van der Waals surface area contributed by atoms with Gasteiger partial charge in [0.2, 0.25) is 0 Å². The lowest BCUT2D eigenvalue weighted by Gasteiger charge is -2.21. The third kappa shape index (κ3) is 2.89. The third-order valence-electron chi connectivity index (χ3n) is 3.17. The zero-order valence-electron chi connectivity index (χ0n) is 10.9. The van der Waals surface area contributed by atoms with Gasteiger partial charge in [-0.1, -0.05) is 41.4 Å². The van der Waals surface area contributed by atoms with Gasteiger partial charge in [-0.15, -0.1) is 11.8 Å². The largest absolute Gasteiger partial charge is 0.356 e. The minimum absolute atomic E-state index is 0.450. The smallest absolute Gasteiger partial charge is 0.102 e. The van der Waals surface area contributed by atoms with E-state index >= 15 is 0 Å². The Morgan fingerprint density at radius 1 is 1.14 bits per heavy atom. The van der Waals surface area contributed by atoms with E-state index in [1.807, 2.05) is 24.3 Å². The molecule has 3 rings (SSSR count). The molecule has 2 nitrogen and oxygen atoms in total. The predicted molar refractivity (Wildman–Crippen MR) is 89.8 cm³/mol. The van der Waals surface area contributed by atoms with Crippen molar-refractivity contribution in [2.45, 2.75) is 4.90 Å². The van der Waals surface area contributed by atoms with Crippen molar-refractivity contribution in [2.24, 2.45) is 0 Å². The summed E-state index contributed by atoms with van der Waals surface area (Å²) in [6.45, 7) is 0. The number of benzene rings is 2. The van der Waals surface area contributed by atoms with Crippen LogP contribution in [0.2, 0.25) is 10.0 Å². The lowest BCUT2D eigenvalue weighted by molar-refractivity contribution is 1.29. The van der Waals surface area contributed by atoms with Gasteiger partial charge < -0.3 is 5.32 Å². The van der Waals surface area contributed by atoms with Crippen LogP contribution in [0.4, 0.5) is 5.69 Å². The van der Waals surface area contributed by atoms with Gasteiger partial charge in [0.25, 0.3) is 0 Å². The van der Waals surface area contributed by atoms with Crippen molar-refractivity contribution in [3.63, 3.8) is 0 Å². The second kappa shape index (κ2) is 6.03. The molecule has 1 N–H and O–H groups in total. The molecule has 5 heteroatoms. The number of halogens is 2. The Balaban J connectivity index is 2.04. The van der Waals surface area contributed by atoms with Crippen LogP contribution in [-0.2, 0) is 0 Å². The molecule has 21 heavy (non-hydrogen) atoms. The number of nitriles is 1. The van der Waals surface area contributed by atoms with Crippen LogP contribution < -0.4 is 5.32 Å². The molecule has 0 spiro atoms. The Morgan fingerprint density at radius 2 is 1.95 bits per heavy atom. The number of allylic oxidation sites excluding steroid dienone is 1. The van der Waals surface area contributed by atoms with E-state index in [4.69, 9.17) is 23.2 Å². The number of thioether (sulfide) groups is 1. The minimum Gasteiger partial charge on any atom is -0.356 e. The summed E-state index contributed by atoms with van der Waals surface area (Å²) < 4.78 is 0. The Kier molecular flexibility index (Phi) is 4.12. The van der Waals surface area contributed by atoms with Crippen molar-refractivity contribution < 1.29 is 0 Å². The quantitative estimate of drug-likeness (QED) is 0.705. The molecule has 0 atom stereocenters. The maximum absolute atomic E-state index is 9.51. The summed E-state index contributed by atoms with van der Waals surface area (Å²) in [5.41, 5.74) is 3.28. The number of para-hydroxylation sites is 1. The molecule has 2 aromatic rings. The highest BCUT2D eigenvalue weighted by atomic mass is 35.5. The van der Waals surface area contributed by atoms with Crippen LogP contribution in [0.15, 0.2) is 53.1 Å². The Morgan fingerprint density at radius 3 is 2.71 bits per heavy atom. The monoisotopic (exact) mass is 332 g/mol. The second-order valence-corrected chi connectivity index (χ2v) is 6.34. The standard InChI is InChI=1S/C16H10Cl2N2S/c17-12-6-5-10(7-13(12)18)11(8-19)15-9-21-16-4-2-1-3-14(16)20-15/h1-7,20H,9H2. The van der Waals surface area contributed by atoms with Crippen molar-refractivity contribution in [3.8, 4) is 6.07 Å². The number of hydrogen-bond acceptors (Lipinski definition) is 3. The first-order valence-corrected chi connectivity index (χ1v) is 8.00. The highest BCUT2D eigenvalue weighted by Crippen LogP contribution is 2.37. The molecular formula is C16H10Cl2N2S. The number of anilines is 1. The lowest BCUT2D eigenvalue weighted by Crippen LogP contribution is -2.10. The predicted octanol–water partition coefficient (Wildman–Crippen LogP) is 5.45. The van der Waals surface area contributed by atoms with Crippen LogP contribution in [0.25, 0.3) is 5.57 Å². The molecule has 0 fully saturated rings. The fraction of sp³-hybridized carbons (Fsp3) is 0.0625. The van der Waals surface area contributed by atoms with Gasteiger partial charge in [0.05, 0.1) is 21.3 Å². The van der Waals surface area contributed by atoms with E-state index in [9.17, 15) is 5.26 Å².